The first-order chi connectivity index (χ1) is 11.0. The van der Waals surface area contributed by atoms with Gasteiger partial charge in [0.05, 0.1) is 15.1 Å². The Hall–Kier alpha value is -2.14. The molecule has 0 saturated heterocycles. The van der Waals surface area contributed by atoms with Crippen LogP contribution in [-0.2, 0) is 21.2 Å². The molecule has 0 aliphatic heterocycles. The molecule has 0 radical (unpaired) electrons. The molecule has 0 spiro atoms. The van der Waals surface area contributed by atoms with E-state index in [4.69, 9.17) is 0 Å². The van der Waals surface area contributed by atoms with E-state index in [-0.39, 0.29) is 5.91 Å². The van der Waals surface area contributed by atoms with E-state index in [1.807, 2.05) is 30.3 Å². The summed E-state index contributed by atoms with van der Waals surface area (Å²) in [5.41, 5.74) is 0.311. The van der Waals surface area contributed by atoms with E-state index >= 15 is 0 Å². The molecular weight excluding hydrogens is 310 g/mol. The van der Waals surface area contributed by atoms with Crippen molar-refractivity contribution >= 4 is 15.7 Å². The smallest absolute Gasteiger partial charge is 0.228 e. The summed E-state index contributed by atoms with van der Waals surface area (Å²) in [5.74, 6) is -0.138. The third-order valence-electron chi connectivity index (χ3n) is 5.10. The van der Waals surface area contributed by atoms with Gasteiger partial charge in [-0.2, -0.15) is 0 Å². The molecule has 2 aromatic rings. The number of carbonyl (C=O) groups excluding carboxylic acids is 1. The van der Waals surface area contributed by atoms with E-state index in [0.29, 0.717) is 24.3 Å². The number of rotatable bonds is 5. The number of carbonyl (C=O) groups is 1. The van der Waals surface area contributed by atoms with Crippen LogP contribution in [0.1, 0.15) is 18.4 Å². The Labute approximate surface area is 135 Å². The van der Waals surface area contributed by atoms with Crippen molar-refractivity contribution < 1.29 is 13.2 Å². The third kappa shape index (κ3) is 1.96. The average Bonchev–Trinajstić information content (AvgIpc) is 3.42. The zero-order valence-electron chi connectivity index (χ0n) is 12.5. The van der Waals surface area contributed by atoms with E-state index in [1.165, 1.54) is 0 Å². The van der Waals surface area contributed by atoms with Crippen LogP contribution in [0.3, 0.4) is 0 Å². The maximum atomic E-state index is 12.8. The molecule has 23 heavy (non-hydrogen) atoms. The fourth-order valence-corrected chi connectivity index (χ4v) is 5.87. The fraction of sp³-hybridized carbons (Fsp3) is 0.278. The number of fused-ring (bicyclic) bond motifs is 1. The van der Waals surface area contributed by atoms with Crippen LogP contribution in [0.4, 0.5) is 0 Å². The van der Waals surface area contributed by atoms with Gasteiger partial charge in [-0.05, 0) is 30.5 Å². The number of hydrogen-bond donors (Lipinski definition) is 1. The molecule has 0 unspecified atom stereocenters. The number of nitrogens with one attached hydrogen (secondary N) is 1. The standard InChI is InChI=1S/C18H17NO3S/c20-16(19-11-14-7-3-1-4-8-14)17-12-18(17,13-17)23(21,22)15-9-5-2-6-10-15/h1-10H,11-13H2,(H,19,20). The number of sulfone groups is 1. The first-order valence-corrected chi connectivity index (χ1v) is 9.12. The van der Waals surface area contributed by atoms with Gasteiger partial charge in [-0.3, -0.25) is 4.79 Å². The maximum absolute atomic E-state index is 12.8. The predicted molar refractivity (Wildman–Crippen MR) is 86.3 cm³/mol. The van der Waals surface area contributed by atoms with Gasteiger partial charge < -0.3 is 5.32 Å². The van der Waals surface area contributed by atoms with E-state index in [0.717, 1.165) is 5.56 Å². The summed E-state index contributed by atoms with van der Waals surface area (Å²) >= 11 is 0. The molecule has 1 N–H and O–H groups in total. The molecule has 2 fully saturated rings. The minimum Gasteiger partial charge on any atom is -0.351 e. The zero-order valence-corrected chi connectivity index (χ0v) is 13.3. The van der Waals surface area contributed by atoms with Gasteiger partial charge in [0.15, 0.2) is 9.84 Å². The molecule has 0 heterocycles. The quantitative estimate of drug-likeness (QED) is 0.916. The lowest BCUT2D eigenvalue weighted by Crippen LogP contribution is -2.28. The molecule has 2 saturated carbocycles. The Morgan fingerprint density at radius 2 is 1.52 bits per heavy atom. The molecule has 5 heteroatoms. The maximum Gasteiger partial charge on any atom is 0.228 e. The molecule has 1 amide bonds. The third-order valence-corrected chi connectivity index (χ3v) is 7.70. The number of benzene rings is 2. The normalized spacial score (nSPS) is 27.8. The summed E-state index contributed by atoms with van der Waals surface area (Å²) in [6.07, 6.45) is 0.885. The molecular formula is C18H17NO3S. The largest absolute Gasteiger partial charge is 0.351 e. The Morgan fingerprint density at radius 3 is 2.13 bits per heavy atom. The van der Waals surface area contributed by atoms with Gasteiger partial charge in [0.2, 0.25) is 5.91 Å². The van der Waals surface area contributed by atoms with Crippen LogP contribution in [0.2, 0.25) is 0 Å². The second kappa shape index (κ2) is 4.68. The highest BCUT2D eigenvalue weighted by Gasteiger charge is 2.93. The molecule has 0 aromatic heterocycles. The minimum absolute atomic E-state index is 0.138. The molecule has 0 atom stereocenters. The van der Waals surface area contributed by atoms with Crippen LogP contribution in [0.25, 0.3) is 0 Å². The van der Waals surface area contributed by atoms with E-state index < -0.39 is 20.0 Å². The Balaban J connectivity index is 1.48. The van der Waals surface area contributed by atoms with Crippen molar-refractivity contribution in [3.05, 3.63) is 66.2 Å². The summed E-state index contributed by atoms with van der Waals surface area (Å²) in [7, 11) is -3.44. The van der Waals surface area contributed by atoms with Crippen molar-refractivity contribution in [3.63, 3.8) is 0 Å². The molecule has 118 valence electrons. The highest BCUT2D eigenvalue weighted by Crippen LogP contribution is 2.83. The van der Waals surface area contributed by atoms with Crippen LogP contribution < -0.4 is 5.32 Å². The van der Waals surface area contributed by atoms with Gasteiger partial charge >= 0.3 is 0 Å². The summed E-state index contributed by atoms with van der Waals surface area (Å²) < 4.78 is 24.7. The van der Waals surface area contributed by atoms with Crippen LogP contribution >= 0.6 is 0 Å². The van der Waals surface area contributed by atoms with Crippen molar-refractivity contribution in [2.75, 3.05) is 0 Å². The second-order valence-corrected chi connectivity index (χ2v) is 8.67. The van der Waals surface area contributed by atoms with Gasteiger partial charge in [-0.15, -0.1) is 0 Å². The first kappa shape index (κ1) is 14.5. The van der Waals surface area contributed by atoms with Crippen LogP contribution in [0.15, 0.2) is 65.6 Å². The summed E-state index contributed by atoms with van der Waals surface area (Å²) in [4.78, 5) is 12.8. The van der Waals surface area contributed by atoms with E-state index in [9.17, 15) is 13.2 Å². The number of hydrogen-bond acceptors (Lipinski definition) is 3. The van der Waals surface area contributed by atoms with Crippen LogP contribution in [0, 0.1) is 5.41 Å². The van der Waals surface area contributed by atoms with Crippen molar-refractivity contribution in [1.82, 2.24) is 5.32 Å². The Kier molecular flexibility index (Phi) is 2.94. The van der Waals surface area contributed by atoms with Gasteiger partial charge in [0.1, 0.15) is 0 Å². The minimum atomic E-state index is -3.44. The molecule has 2 aromatic carbocycles. The average molecular weight is 327 g/mol. The van der Waals surface area contributed by atoms with E-state index in [1.54, 1.807) is 30.3 Å². The molecule has 0 bridgehead atoms. The van der Waals surface area contributed by atoms with Crippen LogP contribution in [-0.4, -0.2) is 19.1 Å². The first-order valence-electron chi connectivity index (χ1n) is 7.64. The lowest BCUT2D eigenvalue weighted by molar-refractivity contribution is -0.124. The summed E-state index contributed by atoms with van der Waals surface area (Å²) in [6, 6.07) is 18.0. The van der Waals surface area contributed by atoms with Crippen molar-refractivity contribution in [2.24, 2.45) is 5.41 Å². The molecule has 2 aliphatic rings. The molecule has 4 nitrogen and oxygen atoms in total. The highest BCUT2D eigenvalue weighted by molar-refractivity contribution is 7.93. The zero-order chi connectivity index (χ0) is 16.1. The predicted octanol–water partition coefficient (Wildman–Crippen LogP) is 2.31. The number of amides is 1. The molecule has 2 aliphatic carbocycles. The lowest BCUT2D eigenvalue weighted by Gasteiger charge is -2.06. The lowest BCUT2D eigenvalue weighted by atomic mass is 10.2. The van der Waals surface area contributed by atoms with Crippen molar-refractivity contribution in [1.29, 1.82) is 0 Å². The second-order valence-electron chi connectivity index (χ2n) is 6.41. The topological polar surface area (TPSA) is 63.2 Å². The van der Waals surface area contributed by atoms with Crippen molar-refractivity contribution in [2.45, 2.75) is 29.0 Å². The van der Waals surface area contributed by atoms with Gasteiger partial charge in [0, 0.05) is 6.54 Å². The van der Waals surface area contributed by atoms with Crippen molar-refractivity contribution in [3.8, 4) is 0 Å². The molecule has 4 rings (SSSR count). The fourth-order valence-electron chi connectivity index (χ4n) is 3.42. The van der Waals surface area contributed by atoms with Gasteiger partial charge in [-0.1, -0.05) is 48.5 Å². The summed E-state index contributed by atoms with van der Waals surface area (Å²) in [5, 5.41) is 2.89. The Bertz CT molecular complexity index is 854. The van der Waals surface area contributed by atoms with Crippen LogP contribution in [0.5, 0.6) is 0 Å². The SMILES string of the molecule is O=C(NCc1ccccc1)C12CC1(S(=O)(=O)c1ccccc1)C2. The van der Waals surface area contributed by atoms with Gasteiger partial charge in [0.25, 0.3) is 0 Å². The highest BCUT2D eigenvalue weighted by atomic mass is 32.2. The monoisotopic (exact) mass is 327 g/mol. The van der Waals surface area contributed by atoms with Gasteiger partial charge in [-0.25, -0.2) is 8.42 Å². The summed E-state index contributed by atoms with van der Waals surface area (Å²) in [6.45, 7) is 0.433. The Morgan fingerprint density at radius 1 is 0.957 bits per heavy atom. The van der Waals surface area contributed by atoms with E-state index in [2.05, 4.69) is 5.32 Å².